The van der Waals surface area contributed by atoms with Gasteiger partial charge in [-0.3, -0.25) is 0 Å². The Balaban J connectivity index is 3.41. The van der Waals surface area contributed by atoms with Crippen molar-refractivity contribution in [3.63, 3.8) is 0 Å². The van der Waals surface area contributed by atoms with Crippen LogP contribution in [0.25, 0.3) is 0 Å². The fraction of sp³-hybridized carbons (Fsp3) is 0.222. The van der Waals surface area contributed by atoms with E-state index in [1.54, 1.807) is 13.0 Å². The highest BCUT2D eigenvalue weighted by Crippen LogP contribution is 2.24. The van der Waals surface area contributed by atoms with Crippen molar-refractivity contribution in [2.75, 3.05) is 7.11 Å². The maximum absolute atomic E-state index is 12.9. The van der Waals surface area contributed by atoms with Crippen LogP contribution >= 0.6 is 0 Å². The Morgan fingerprint density at radius 2 is 2.17 bits per heavy atom. The van der Waals surface area contributed by atoms with Crippen LogP contribution < -0.4 is 4.74 Å². The summed E-state index contributed by atoms with van der Waals surface area (Å²) in [6, 6.07) is 4.73. The number of hydrogen-bond acceptors (Lipinski definition) is 2. The zero-order chi connectivity index (χ0) is 9.14. The van der Waals surface area contributed by atoms with Crippen molar-refractivity contribution in [3.05, 3.63) is 29.1 Å². The van der Waals surface area contributed by atoms with Crippen LogP contribution in [0, 0.1) is 24.1 Å². The molecule has 0 saturated carbocycles. The summed E-state index contributed by atoms with van der Waals surface area (Å²) < 4.78 is 17.7. The first kappa shape index (κ1) is 8.54. The second kappa shape index (κ2) is 3.22. The van der Waals surface area contributed by atoms with E-state index < -0.39 is 5.82 Å². The van der Waals surface area contributed by atoms with Gasteiger partial charge in [0.15, 0.2) is 11.6 Å². The Labute approximate surface area is 70.2 Å². The van der Waals surface area contributed by atoms with Crippen LogP contribution in [-0.4, -0.2) is 7.11 Å². The largest absolute Gasteiger partial charge is 0.492 e. The Kier molecular flexibility index (Phi) is 2.29. The van der Waals surface area contributed by atoms with Crippen molar-refractivity contribution in [1.29, 1.82) is 5.26 Å². The number of nitrogens with zero attached hydrogens (tertiary/aromatic N) is 1. The van der Waals surface area contributed by atoms with Crippen LogP contribution in [0.4, 0.5) is 4.39 Å². The molecule has 1 aromatic carbocycles. The van der Waals surface area contributed by atoms with Crippen molar-refractivity contribution in [2.24, 2.45) is 0 Å². The maximum Gasteiger partial charge on any atom is 0.172 e. The van der Waals surface area contributed by atoms with Crippen molar-refractivity contribution < 1.29 is 9.13 Å². The van der Waals surface area contributed by atoms with Crippen LogP contribution in [0.2, 0.25) is 0 Å². The minimum atomic E-state index is -0.500. The smallest absolute Gasteiger partial charge is 0.172 e. The highest BCUT2D eigenvalue weighted by molar-refractivity contribution is 5.48. The average Bonchev–Trinajstić information content (AvgIpc) is 2.08. The molecule has 62 valence electrons. The van der Waals surface area contributed by atoms with Crippen LogP contribution in [0.3, 0.4) is 0 Å². The molecule has 1 aromatic rings. The van der Waals surface area contributed by atoms with E-state index in [0.717, 1.165) is 5.56 Å². The molecule has 2 nitrogen and oxygen atoms in total. The van der Waals surface area contributed by atoms with Gasteiger partial charge >= 0.3 is 0 Å². The molecule has 1 rings (SSSR count). The number of halogens is 1. The van der Waals surface area contributed by atoms with Gasteiger partial charge in [-0.05, 0) is 18.6 Å². The lowest BCUT2D eigenvalue weighted by atomic mass is 10.1. The number of nitriles is 1. The summed E-state index contributed by atoms with van der Waals surface area (Å²) >= 11 is 0. The standard InChI is InChI=1S/C9H8FNO/c1-6-3-4-8(10)9(12-2)7(6)5-11/h3-4H,1-2H3. The second-order valence-corrected chi connectivity index (χ2v) is 2.38. The van der Waals surface area contributed by atoms with E-state index >= 15 is 0 Å². The molecular weight excluding hydrogens is 157 g/mol. The summed E-state index contributed by atoms with van der Waals surface area (Å²) in [7, 11) is 1.35. The first-order chi connectivity index (χ1) is 5.70. The summed E-state index contributed by atoms with van der Waals surface area (Å²) in [6.45, 7) is 1.74. The molecule has 0 saturated heterocycles. The average molecular weight is 165 g/mol. The predicted octanol–water partition coefficient (Wildman–Crippen LogP) is 2.01. The zero-order valence-corrected chi connectivity index (χ0v) is 6.89. The molecule has 0 aliphatic rings. The first-order valence-corrected chi connectivity index (χ1v) is 3.44. The Bertz CT molecular complexity index is 341. The van der Waals surface area contributed by atoms with E-state index in [2.05, 4.69) is 0 Å². The third-order valence-electron chi connectivity index (χ3n) is 1.63. The molecule has 0 aromatic heterocycles. The lowest BCUT2D eigenvalue weighted by molar-refractivity contribution is 0.385. The SMILES string of the molecule is COc1c(F)ccc(C)c1C#N. The van der Waals surface area contributed by atoms with Gasteiger partial charge in [0.1, 0.15) is 6.07 Å². The molecule has 0 fully saturated rings. The molecule has 0 radical (unpaired) electrons. The lowest BCUT2D eigenvalue weighted by Gasteiger charge is -2.05. The zero-order valence-electron chi connectivity index (χ0n) is 6.89. The molecule has 0 bridgehead atoms. The Morgan fingerprint density at radius 3 is 2.58 bits per heavy atom. The van der Waals surface area contributed by atoms with Gasteiger partial charge in [0.05, 0.1) is 12.7 Å². The molecule has 0 amide bonds. The summed E-state index contributed by atoms with van der Waals surface area (Å²) in [5, 5.41) is 8.66. The number of rotatable bonds is 1. The van der Waals surface area contributed by atoms with Crippen molar-refractivity contribution in [2.45, 2.75) is 6.92 Å². The monoisotopic (exact) mass is 165 g/mol. The topological polar surface area (TPSA) is 33.0 Å². The Hall–Kier alpha value is -1.56. The summed E-state index contributed by atoms with van der Waals surface area (Å²) in [5.74, 6) is -0.475. The van der Waals surface area contributed by atoms with E-state index in [0.29, 0.717) is 0 Å². The van der Waals surface area contributed by atoms with Gasteiger partial charge in [0.2, 0.25) is 0 Å². The van der Waals surface area contributed by atoms with Crippen LogP contribution in [-0.2, 0) is 0 Å². The highest BCUT2D eigenvalue weighted by atomic mass is 19.1. The summed E-state index contributed by atoms with van der Waals surface area (Å²) in [5.41, 5.74) is 0.980. The molecule has 0 aliphatic heterocycles. The van der Waals surface area contributed by atoms with E-state index in [-0.39, 0.29) is 11.3 Å². The van der Waals surface area contributed by atoms with Crippen molar-refractivity contribution in [1.82, 2.24) is 0 Å². The number of aryl methyl sites for hydroxylation is 1. The fourth-order valence-corrected chi connectivity index (χ4v) is 0.994. The third-order valence-corrected chi connectivity index (χ3v) is 1.63. The number of ether oxygens (including phenoxy) is 1. The van der Waals surface area contributed by atoms with E-state index in [4.69, 9.17) is 10.00 Å². The second-order valence-electron chi connectivity index (χ2n) is 2.38. The number of hydrogen-bond donors (Lipinski definition) is 0. The van der Waals surface area contributed by atoms with Gasteiger partial charge in [-0.2, -0.15) is 5.26 Å². The molecule has 0 heterocycles. The van der Waals surface area contributed by atoms with E-state index in [9.17, 15) is 4.39 Å². The summed E-state index contributed by atoms with van der Waals surface area (Å²) in [6.07, 6.45) is 0. The molecule has 3 heteroatoms. The minimum absolute atomic E-state index is 0.0255. The van der Waals surface area contributed by atoms with Gasteiger partial charge < -0.3 is 4.74 Å². The van der Waals surface area contributed by atoms with Gasteiger partial charge in [-0.1, -0.05) is 6.07 Å². The molecule has 12 heavy (non-hydrogen) atoms. The minimum Gasteiger partial charge on any atom is -0.492 e. The van der Waals surface area contributed by atoms with Crippen LogP contribution in [0.5, 0.6) is 5.75 Å². The quantitative estimate of drug-likeness (QED) is 0.637. The fourth-order valence-electron chi connectivity index (χ4n) is 0.994. The number of benzene rings is 1. The molecular formula is C9H8FNO. The van der Waals surface area contributed by atoms with Crippen LogP contribution in [0.15, 0.2) is 12.1 Å². The van der Waals surface area contributed by atoms with Crippen molar-refractivity contribution in [3.8, 4) is 11.8 Å². The number of methoxy groups -OCH3 is 1. The van der Waals surface area contributed by atoms with E-state index in [1.165, 1.54) is 13.2 Å². The Morgan fingerprint density at radius 1 is 1.50 bits per heavy atom. The third kappa shape index (κ3) is 1.24. The first-order valence-electron chi connectivity index (χ1n) is 3.44. The highest BCUT2D eigenvalue weighted by Gasteiger charge is 2.10. The molecule has 0 N–H and O–H groups in total. The van der Waals surface area contributed by atoms with Crippen molar-refractivity contribution >= 4 is 0 Å². The normalized spacial score (nSPS) is 9.17. The van der Waals surface area contributed by atoms with E-state index in [1.807, 2.05) is 6.07 Å². The van der Waals surface area contributed by atoms with Crippen LogP contribution in [0.1, 0.15) is 11.1 Å². The lowest BCUT2D eigenvalue weighted by Crippen LogP contribution is -1.94. The molecule has 0 unspecified atom stereocenters. The molecule has 0 aliphatic carbocycles. The summed E-state index contributed by atoms with van der Waals surface area (Å²) in [4.78, 5) is 0. The maximum atomic E-state index is 12.9. The van der Waals surface area contributed by atoms with Gasteiger partial charge in [0, 0.05) is 0 Å². The predicted molar refractivity (Wildman–Crippen MR) is 42.4 cm³/mol. The molecule has 0 spiro atoms. The molecule has 0 atom stereocenters. The van der Waals surface area contributed by atoms with Gasteiger partial charge in [-0.15, -0.1) is 0 Å². The van der Waals surface area contributed by atoms with Gasteiger partial charge in [0.25, 0.3) is 0 Å². The van der Waals surface area contributed by atoms with Gasteiger partial charge in [-0.25, -0.2) is 4.39 Å².